The molecule has 0 aliphatic rings. The van der Waals surface area contributed by atoms with Crippen molar-refractivity contribution in [2.45, 2.75) is 133 Å². The van der Waals surface area contributed by atoms with Crippen LogP contribution in [0.15, 0.2) is 24.3 Å². The highest BCUT2D eigenvalue weighted by Gasteiger charge is 2.30. The van der Waals surface area contributed by atoms with Gasteiger partial charge in [0.05, 0.1) is 36.6 Å². The number of aryl methyl sites for hydroxylation is 1. The summed E-state index contributed by atoms with van der Waals surface area (Å²) >= 11 is 0. The van der Waals surface area contributed by atoms with E-state index in [0.717, 1.165) is 17.1 Å². The van der Waals surface area contributed by atoms with E-state index >= 15 is 0 Å². The molecular formula is C33H50O7. The molecule has 0 spiro atoms. The van der Waals surface area contributed by atoms with Gasteiger partial charge in [0.1, 0.15) is 17.1 Å². The van der Waals surface area contributed by atoms with Crippen LogP contribution in [0.25, 0.3) is 0 Å². The van der Waals surface area contributed by atoms with Gasteiger partial charge in [0.25, 0.3) is 0 Å². The molecule has 0 aromatic heterocycles. The zero-order valence-corrected chi connectivity index (χ0v) is 26.5. The average molecular weight is 559 g/mol. The summed E-state index contributed by atoms with van der Waals surface area (Å²) in [6.07, 6.45) is -0.0178. The third-order valence-electron chi connectivity index (χ3n) is 5.26. The minimum absolute atomic E-state index is 0.0102. The summed E-state index contributed by atoms with van der Waals surface area (Å²) in [5, 5.41) is 0. The van der Waals surface area contributed by atoms with Crippen molar-refractivity contribution in [3.05, 3.63) is 35.4 Å². The molecule has 0 amide bonds. The van der Waals surface area contributed by atoms with Crippen LogP contribution in [0.1, 0.15) is 105 Å². The lowest BCUT2D eigenvalue weighted by atomic mass is 9.99. The van der Waals surface area contributed by atoms with E-state index < -0.39 is 0 Å². The molecule has 0 N–H and O–H groups in total. The van der Waals surface area contributed by atoms with Crippen molar-refractivity contribution in [3.63, 3.8) is 0 Å². The van der Waals surface area contributed by atoms with Gasteiger partial charge in [-0.05, 0) is 113 Å². The Morgan fingerprint density at radius 2 is 0.975 bits per heavy atom. The van der Waals surface area contributed by atoms with Crippen LogP contribution in [-0.4, -0.2) is 42.4 Å². The zero-order chi connectivity index (χ0) is 30.1. The maximum absolute atomic E-state index is 14.2. The zero-order valence-electron chi connectivity index (χ0n) is 26.5. The number of carbonyl (C=O) groups excluding carboxylic acids is 1. The third-order valence-corrected chi connectivity index (χ3v) is 5.26. The Bertz CT molecular complexity index is 1060. The summed E-state index contributed by atoms with van der Waals surface area (Å²) in [6.45, 7) is 23.4. The summed E-state index contributed by atoms with van der Waals surface area (Å²) in [5.74, 6) is 2.98. The molecule has 224 valence electrons. The summed E-state index contributed by atoms with van der Waals surface area (Å²) in [5.41, 5.74) is 1.23. The second-order valence-corrected chi connectivity index (χ2v) is 11.6. The number of Topliss-reactive ketones (excluding diaryl/α,β-unsaturated/α-hetero) is 1. The Kier molecular flexibility index (Phi) is 12.5. The van der Waals surface area contributed by atoms with Gasteiger partial charge >= 0.3 is 0 Å². The van der Waals surface area contributed by atoms with Crippen molar-refractivity contribution >= 4 is 5.78 Å². The fourth-order valence-corrected chi connectivity index (χ4v) is 4.08. The monoisotopic (exact) mass is 558 g/mol. The van der Waals surface area contributed by atoms with E-state index in [2.05, 4.69) is 0 Å². The molecule has 2 aromatic rings. The normalized spacial score (nSPS) is 11.7. The van der Waals surface area contributed by atoms with Crippen LogP contribution in [0.5, 0.6) is 34.5 Å². The lowest BCUT2D eigenvalue weighted by molar-refractivity contribution is 0.0963. The Morgan fingerprint density at radius 1 is 0.550 bits per heavy atom. The topological polar surface area (TPSA) is 72.5 Å². The summed E-state index contributed by atoms with van der Waals surface area (Å²) in [4.78, 5) is 14.2. The van der Waals surface area contributed by atoms with Gasteiger partial charge in [-0.1, -0.05) is 0 Å². The highest BCUT2D eigenvalue weighted by Crippen LogP contribution is 2.47. The Balaban J connectivity index is 2.65. The van der Waals surface area contributed by atoms with Crippen LogP contribution in [0.4, 0.5) is 0 Å². The maximum Gasteiger partial charge on any atom is 0.176 e. The Hall–Kier alpha value is -3.09. The Labute approximate surface area is 241 Å². The molecule has 40 heavy (non-hydrogen) atoms. The van der Waals surface area contributed by atoms with Gasteiger partial charge in [0, 0.05) is 12.5 Å². The van der Waals surface area contributed by atoms with Gasteiger partial charge in [0.15, 0.2) is 28.8 Å². The number of carbonyl (C=O) groups is 1. The van der Waals surface area contributed by atoms with Gasteiger partial charge in [-0.2, -0.15) is 0 Å². The second kappa shape index (κ2) is 15.1. The van der Waals surface area contributed by atoms with Gasteiger partial charge in [0.2, 0.25) is 0 Å². The number of benzene rings is 2. The highest BCUT2D eigenvalue weighted by molar-refractivity contribution is 6.03. The van der Waals surface area contributed by atoms with Crippen molar-refractivity contribution in [1.82, 2.24) is 0 Å². The number of hydrogen-bond donors (Lipinski definition) is 0. The molecule has 7 nitrogen and oxygen atoms in total. The predicted molar refractivity (Wildman–Crippen MR) is 160 cm³/mol. The van der Waals surface area contributed by atoms with Crippen LogP contribution in [0.2, 0.25) is 0 Å². The van der Waals surface area contributed by atoms with E-state index in [9.17, 15) is 4.79 Å². The number of ketones is 1. The van der Waals surface area contributed by atoms with Gasteiger partial charge in [-0.15, -0.1) is 0 Å². The van der Waals surface area contributed by atoms with Gasteiger partial charge < -0.3 is 28.4 Å². The van der Waals surface area contributed by atoms with Crippen molar-refractivity contribution in [2.75, 3.05) is 0 Å². The fourth-order valence-electron chi connectivity index (χ4n) is 4.08. The highest BCUT2D eigenvalue weighted by atomic mass is 16.5. The van der Waals surface area contributed by atoms with E-state index in [1.54, 1.807) is 6.07 Å². The van der Waals surface area contributed by atoms with E-state index in [0.29, 0.717) is 35.0 Å². The second-order valence-electron chi connectivity index (χ2n) is 11.6. The quantitative estimate of drug-likeness (QED) is 0.192. The minimum Gasteiger partial charge on any atom is -0.491 e. The molecule has 0 aliphatic heterocycles. The molecule has 0 saturated heterocycles. The maximum atomic E-state index is 14.2. The smallest absolute Gasteiger partial charge is 0.176 e. The van der Waals surface area contributed by atoms with E-state index in [-0.39, 0.29) is 48.8 Å². The summed E-state index contributed by atoms with van der Waals surface area (Å²) < 4.78 is 36.8. The van der Waals surface area contributed by atoms with Crippen molar-refractivity contribution in [1.29, 1.82) is 0 Å². The standard InChI is InChI=1S/C33H50O7/c1-19(2)35-26-14-16-28(36-20(3)4)25(17-26)13-15-27(34)31-32(39-23(9)10)29(37-21(5)6)18-30(38-22(7)8)33(31)40-24(11)12/h14,16-24H,13,15H2,1-12H3. The van der Waals surface area contributed by atoms with Crippen molar-refractivity contribution in [2.24, 2.45) is 0 Å². The molecule has 2 rings (SSSR count). The van der Waals surface area contributed by atoms with Gasteiger partial charge in [-0.25, -0.2) is 0 Å². The molecule has 0 unspecified atom stereocenters. The van der Waals surface area contributed by atoms with Gasteiger partial charge in [-0.3, -0.25) is 4.79 Å². The molecule has 0 radical (unpaired) electrons. The predicted octanol–water partition coefficient (Wildman–Crippen LogP) is 8.23. The summed E-state index contributed by atoms with van der Waals surface area (Å²) in [7, 11) is 0. The molecule has 0 saturated carbocycles. The minimum atomic E-state index is -0.194. The van der Waals surface area contributed by atoms with Crippen LogP contribution in [0, 0.1) is 0 Å². The first kappa shape index (κ1) is 33.1. The van der Waals surface area contributed by atoms with Crippen molar-refractivity contribution < 1.29 is 33.2 Å². The third kappa shape index (κ3) is 10.1. The number of hydrogen-bond acceptors (Lipinski definition) is 7. The largest absolute Gasteiger partial charge is 0.491 e. The first-order valence-electron chi connectivity index (χ1n) is 14.5. The fraction of sp³-hybridized carbons (Fsp3) is 0.606. The Morgan fingerprint density at radius 3 is 1.40 bits per heavy atom. The lowest BCUT2D eigenvalue weighted by Gasteiger charge is -2.26. The molecule has 7 heteroatoms. The molecule has 0 fully saturated rings. The van der Waals surface area contributed by atoms with Crippen LogP contribution < -0.4 is 28.4 Å². The molecule has 0 atom stereocenters. The van der Waals surface area contributed by atoms with Crippen LogP contribution in [0.3, 0.4) is 0 Å². The summed E-state index contributed by atoms with van der Waals surface area (Å²) in [6, 6.07) is 7.53. The van der Waals surface area contributed by atoms with Crippen LogP contribution >= 0.6 is 0 Å². The average Bonchev–Trinajstić information content (AvgIpc) is 2.79. The van der Waals surface area contributed by atoms with E-state index in [1.807, 2.05) is 101 Å². The SMILES string of the molecule is CC(C)Oc1ccc(OC(C)C)c(CCC(=O)c2c(OC(C)C)c(OC(C)C)cc(OC(C)C)c2OC(C)C)c1. The first-order valence-corrected chi connectivity index (χ1v) is 14.5. The molecule has 2 aromatic carbocycles. The van der Waals surface area contributed by atoms with Crippen LogP contribution in [-0.2, 0) is 6.42 Å². The first-order chi connectivity index (χ1) is 18.7. The van der Waals surface area contributed by atoms with E-state index in [1.165, 1.54) is 0 Å². The number of ether oxygens (including phenoxy) is 6. The van der Waals surface area contributed by atoms with E-state index in [4.69, 9.17) is 28.4 Å². The number of rotatable bonds is 16. The molecule has 0 bridgehead atoms. The van der Waals surface area contributed by atoms with Crippen molar-refractivity contribution in [3.8, 4) is 34.5 Å². The molecule has 0 heterocycles. The molecule has 0 aliphatic carbocycles. The lowest BCUT2D eigenvalue weighted by Crippen LogP contribution is -2.19. The molecular weight excluding hydrogens is 508 g/mol.